The Morgan fingerprint density at radius 2 is 2.33 bits per heavy atom. The van der Waals surface area contributed by atoms with Gasteiger partial charge in [0.1, 0.15) is 0 Å². The molecule has 0 saturated carbocycles. The zero-order valence-electron chi connectivity index (χ0n) is 3.68. The van der Waals surface area contributed by atoms with Crippen LogP contribution in [0.5, 0.6) is 0 Å². The van der Waals surface area contributed by atoms with E-state index in [4.69, 9.17) is 5.73 Å². The van der Waals surface area contributed by atoms with Crippen LogP contribution in [0.2, 0.25) is 0 Å². The van der Waals surface area contributed by atoms with E-state index in [2.05, 4.69) is 0 Å². The summed E-state index contributed by atoms with van der Waals surface area (Å²) in [7, 11) is -0.546. The average molecular weight is 107 g/mol. The van der Waals surface area contributed by atoms with E-state index in [9.17, 15) is 4.57 Å². The topological polar surface area (TPSA) is 43.1 Å². The van der Waals surface area contributed by atoms with Crippen LogP contribution in [0.15, 0.2) is 0 Å². The largest absolute Gasteiger partial charge is 0.330 e. The van der Waals surface area contributed by atoms with E-state index in [1.807, 2.05) is 0 Å². The molecule has 0 saturated heterocycles. The summed E-state index contributed by atoms with van der Waals surface area (Å²) < 4.78 is 9.72. The Balaban J connectivity index is 2.49. The molecule has 2 nitrogen and oxygen atoms in total. The summed E-state index contributed by atoms with van der Waals surface area (Å²) >= 11 is 0. The van der Waals surface area contributed by atoms with E-state index >= 15 is 0 Å². The predicted octanol–water partition coefficient (Wildman–Crippen LogP) is 0.0915. The van der Waals surface area contributed by atoms with Crippen molar-refractivity contribution in [2.24, 2.45) is 5.73 Å². The van der Waals surface area contributed by atoms with Crippen LogP contribution in [0.25, 0.3) is 0 Å². The van der Waals surface area contributed by atoms with Gasteiger partial charge in [0.2, 0.25) is 0 Å². The van der Waals surface area contributed by atoms with Gasteiger partial charge in [-0.3, -0.25) is 0 Å². The van der Waals surface area contributed by atoms with E-state index in [1.54, 1.807) is 0 Å². The highest BCUT2D eigenvalue weighted by molar-refractivity contribution is 7.23. The van der Waals surface area contributed by atoms with Crippen molar-refractivity contribution in [3.63, 3.8) is 0 Å². The van der Waals surface area contributed by atoms with Crippen LogP contribution < -0.4 is 5.73 Å². The van der Waals surface area contributed by atoms with Crippen LogP contribution in [-0.2, 0) is 4.57 Å². The zero-order valence-corrected chi connectivity index (χ0v) is 4.84. The van der Waals surface area contributed by atoms with Crippen molar-refractivity contribution < 1.29 is 4.57 Å². The summed E-state index contributed by atoms with van der Waals surface area (Å²) in [5, 5.41) is 0. The number of nitrogens with two attached hydrogens (primary N) is 1. The lowest BCUT2D eigenvalue weighted by Gasteiger charge is -1.80. The van der Waals surface area contributed by atoms with Crippen molar-refractivity contribution in [1.82, 2.24) is 0 Å². The first-order valence-electron chi connectivity index (χ1n) is 2.05. The van der Waals surface area contributed by atoms with Crippen molar-refractivity contribution in [3.05, 3.63) is 0 Å². The molecule has 0 aromatic heterocycles. The predicted molar refractivity (Wildman–Crippen MR) is 28.9 cm³/mol. The van der Waals surface area contributed by atoms with Crippen LogP contribution in [0.3, 0.4) is 0 Å². The molecule has 0 bridgehead atoms. The van der Waals surface area contributed by atoms with Crippen molar-refractivity contribution in [1.29, 1.82) is 0 Å². The first kappa shape index (κ1) is 6.19. The summed E-state index contributed by atoms with van der Waals surface area (Å²) in [5.74, 6) is 0. The molecule has 0 aromatic carbocycles. The molecular weight excluding hydrogens is 97.0 g/mol. The molecule has 0 spiro atoms. The SMILES string of the molecule is NCCC[PH2]=O. The van der Waals surface area contributed by atoms with Gasteiger partial charge in [0.25, 0.3) is 0 Å². The summed E-state index contributed by atoms with van der Waals surface area (Å²) in [6.45, 7) is 0.676. The Labute approximate surface area is 38.9 Å². The van der Waals surface area contributed by atoms with Gasteiger partial charge >= 0.3 is 0 Å². The van der Waals surface area contributed by atoms with Crippen LogP contribution in [0.4, 0.5) is 0 Å². The fourth-order valence-electron chi connectivity index (χ4n) is 0.201. The van der Waals surface area contributed by atoms with Gasteiger partial charge in [-0.1, -0.05) is 0 Å². The highest BCUT2D eigenvalue weighted by atomic mass is 31.1. The van der Waals surface area contributed by atoms with Gasteiger partial charge in [-0.2, -0.15) is 0 Å². The molecule has 0 fully saturated rings. The van der Waals surface area contributed by atoms with Crippen molar-refractivity contribution in [3.8, 4) is 0 Å². The van der Waals surface area contributed by atoms with Gasteiger partial charge in [-0.15, -0.1) is 0 Å². The molecule has 1 unspecified atom stereocenters. The second-order valence-electron chi connectivity index (χ2n) is 1.10. The monoisotopic (exact) mass is 107 g/mol. The van der Waals surface area contributed by atoms with Crippen molar-refractivity contribution in [2.75, 3.05) is 12.7 Å². The maximum Gasteiger partial charge on any atom is 0.0645 e. The minimum atomic E-state index is -0.546. The third-order valence-electron chi connectivity index (χ3n) is 0.526. The molecule has 3 heteroatoms. The smallest absolute Gasteiger partial charge is 0.0645 e. The fourth-order valence-corrected chi connectivity index (χ4v) is 0.604. The third-order valence-corrected chi connectivity index (χ3v) is 1.17. The molecule has 6 heavy (non-hydrogen) atoms. The Kier molecular flexibility index (Phi) is 5.35. The van der Waals surface area contributed by atoms with E-state index in [1.165, 1.54) is 0 Å². The normalized spacial score (nSPS) is 10.8. The van der Waals surface area contributed by atoms with Gasteiger partial charge in [-0.25, -0.2) is 0 Å². The van der Waals surface area contributed by atoms with Gasteiger partial charge in [0.15, 0.2) is 0 Å². The second kappa shape index (κ2) is 5.19. The number of hydrogen-bond acceptors (Lipinski definition) is 2. The maximum atomic E-state index is 9.72. The molecule has 0 heterocycles. The summed E-state index contributed by atoms with van der Waals surface area (Å²) in [6, 6.07) is 0. The van der Waals surface area contributed by atoms with Crippen LogP contribution in [0, 0.1) is 0 Å². The molecule has 0 aliphatic rings. The standard InChI is InChI=1S/C3H10NOP/c4-2-1-3-6-5/h1-4,6H2. The van der Waals surface area contributed by atoms with E-state index in [0.717, 1.165) is 12.6 Å². The number of rotatable bonds is 3. The quantitative estimate of drug-likeness (QED) is 0.410. The highest BCUT2D eigenvalue weighted by Crippen LogP contribution is 1.90. The van der Waals surface area contributed by atoms with E-state index in [0.29, 0.717) is 6.54 Å². The van der Waals surface area contributed by atoms with Crippen LogP contribution in [0.1, 0.15) is 6.42 Å². The third kappa shape index (κ3) is 4.19. The first-order chi connectivity index (χ1) is 2.91. The van der Waals surface area contributed by atoms with Gasteiger partial charge in [-0.05, 0) is 19.1 Å². The highest BCUT2D eigenvalue weighted by Gasteiger charge is 1.73. The second-order valence-corrected chi connectivity index (χ2v) is 2.01. The van der Waals surface area contributed by atoms with Crippen molar-refractivity contribution >= 4 is 8.46 Å². The van der Waals surface area contributed by atoms with Crippen LogP contribution in [-0.4, -0.2) is 12.7 Å². The Hall–Kier alpha value is 0.190. The minimum Gasteiger partial charge on any atom is -0.330 e. The lowest BCUT2D eigenvalue weighted by Crippen LogP contribution is -1.97. The minimum absolute atomic E-state index is 0.546. The van der Waals surface area contributed by atoms with E-state index < -0.39 is 8.46 Å². The molecule has 0 aliphatic carbocycles. The molecule has 38 valence electrons. The Morgan fingerprint density at radius 1 is 1.67 bits per heavy atom. The summed E-state index contributed by atoms with van der Waals surface area (Å²) in [5.41, 5.74) is 5.09. The molecule has 1 atom stereocenters. The molecule has 0 aliphatic heterocycles. The molecule has 0 amide bonds. The van der Waals surface area contributed by atoms with Gasteiger partial charge in [0.05, 0.1) is 8.46 Å². The summed E-state index contributed by atoms with van der Waals surface area (Å²) in [6.07, 6.45) is 1.73. The van der Waals surface area contributed by atoms with Crippen molar-refractivity contribution in [2.45, 2.75) is 6.42 Å². The number of hydrogen-bond donors (Lipinski definition) is 1. The first-order valence-corrected chi connectivity index (χ1v) is 3.34. The molecule has 2 N–H and O–H groups in total. The Bertz CT molecular complexity index is 39.8. The summed E-state index contributed by atoms with van der Waals surface area (Å²) in [4.78, 5) is 0. The van der Waals surface area contributed by atoms with E-state index in [-0.39, 0.29) is 0 Å². The molecule has 0 aromatic rings. The lowest BCUT2D eigenvalue weighted by molar-refractivity contribution is 0.597. The molecular formula is C3H10NOP. The maximum absolute atomic E-state index is 9.72. The van der Waals surface area contributed by atoms with Gasteiger partial charge in [0, 0.05) is 0 Å². The fraction of sp³-hybridized carbons (Fsp3) is 1.00. The van der Waals surface area contributed by atoms with Crippen LogP contribution >= 0.6 is 8.46 Å². The average Bonchev–Trinajstić information content (AvgIpc) is 1.61. The molecule has 0 rings (SSSR count). The lowest BCUT2D eigenvalue weighted by atomic mass is 10.5. The zero-order chi connectivity index (χ0) is 4.83. The molecule has 0 radical (unpaired) electrons. The Morgan fingerprint density at radius 3 is 2.50 bits per heavy atom. The van der Waals surface area contributed by atoms with Gasteiger partial charge < -0.3 is 10.3 Å².